The van der Waals surface area contributed by atoms with Crippen LogP contribution in [0, 0.1) is 0 Å². The van der Waals surface area contributed by atoms with Crippen LogP contribution in [-0.2, 0) is 10.7 Å². The molecule has 3 heterocycles. The maximum atomic E-state index is 15.0. The Kier molecular flexibility index (Phi) is 3.05. The monoisotopic (exact) mass is 301 g/mol. The number of nitrogens with two attached hydrogens (primary N) is 1. The number of ether oxygens (including phenoxy) is 1. The molecule has 3 rings (SSSR count). The lowest BCUT2D eigenvalue weighted by Gasteiger charge is -2.24. The summed E-state index contributed by atoms with van der Waals surface area (Å²) in [5.74, 6) is -2.54. The molecule has 0 spiro atoms. The number of thiol groups is 1. The molecule has 4 N–H and O–H groups in total. The third kappa shape index (κ3) is 1.69. The number of hydrogen-bond donors (Lipinski definition) is 4. The van der Waals surface area contributed by atoms with Crippen molar-refractivity contribution >= 4 is 29.6 Å². The number of aromatic nitrogens is 4. The van der Waals surface area contributed by atoms with Crippen molar-refractivity contribution in [3.05, 3.63) is 12.7 Å². The van der Waals surface area contributed by atoms with Crippen LogP contribution in [0.15, 0.2) is 12.7 Å². The van der Waals surface area contributed by atoms with Crippen LogP contribution in [0.5, 0.6) is 0 Å². The Morgan fingerprint density at radius 3 is 2.90 bits per heavy atom. The molecule has 2 aromatic heterocycles. The first-order chi connectivity index (χ1) is 9.49. The summed E-state index contributed by atoms with van der Waals surface area (Å²) >= 11 is 4.06. The number of nitrogen functional groups attached to an aromatic ring is 1. The van der Waals surface area contributed by atoms with Gasteiger partial charge in [-0.15, -0.1) is 0 Å². The minimum Gasteiger partial charge on any atom is -0.394 e. The van der Waals surface area contributed by atoms with E-state index in [0.717, 1.165) is 17.2 Å². The molecule has 0 aliphatic carbocycles. The highest BCUT2D eigenvalue weighted by molar-refractivity contribution is 7.81. The highest BCUT2D eigenvalue weighted by atomic mass is 32.1. The summed E-state index contributed by atoms with van der Waals surface area (Å²) in [6.45, 7) is -0.472. The topological polar surface area (TPSA) is 119 Å². The summed E-state index contributed by atoms with van der Waals surface area (Å²) in [6, 6.07) is 0. The van der Waals surface area contributed by atoms with E-state index in [1.165, 1.54) is 0 Å². The lowest BCUT2D eigenvalue weighted by molar-refractivity contribution is -0.235. The van der Waals surface area contributed by atoms with E-state index in [4.69, 9.17) is 15.6 Å². The number of anilines is 1. The van der Waals surface area contributed by atoms with Crippen LogP contribution in [0.2, 0.25) is 0 Å². The highest BCUT2D eigenvalue weighted by Crippen LogP contribution is 2.40. The lowest BCUT2D eigenvalue weighted by Crippen LogP contribution is -2.40. The van der Waals surface area contributed by atoms with Crippen LogP contribution in [0.3, 0.4) is 0 Å². The van der Waals surface area contributed by atoms with E-state index in [-0.39, 0.29) is 17.0 Å². The van der Waals surface area contributed by atoms with Crippen molar-refractivity contribution in [2.45, 2.75) is 23.4 Å². The van der Waals surface area contributed by atoms with Gasteiger partial charge in [0, 0.05) is 0 Å². The van der Waals surface area contributed by atoms with E-state index in [1.54, 1.807) is 0 Å². The fraction of sp³-hybridized carbons (Fsp3) is 0.500. The molecule has 4 atom stereocenters. The number of alkyl halides is 1. The van der Waals surface area contributed by atoms with E-state index in [9.17, 15) is 5.11 Å². The van der Waals surface area contributed by atoms with Gasteiger partial charge in [0.05, 0.1) is 11.9 Å². The second kappa shape index (κ2) is 4.52. The van der Waals surface area contributed by atoms with Gasteiger partial charge >= 0.3 is 5.98 Å². The quantitative estimate of drug-likeness (QED) is 0.527. The van der Waals surface area contributed by atoms with E-state index in [1.807, 2.05) is 0 Å². The van der Waals surface area contributed by atoms with Crippen molar-refractivity contribution in [2.24, 2.45) is 0 Å². The number of fused-ring (bicyclic) bond motifs is 1. The number of aliphatic hydroxyl groups is 2. The summed E-state index contributed by atoms with van der Waals surface area (Å²) in [5, 5.41) is 18.2. The second-order valence-corrected chi connectivity index (χ2v) is 5.03. The number of rotatable bonds is 2. The zero-order chi connectivity index (χ0) is 14.5. The van der Waals surface area contributed by atoms with Gasteiger partial charge in [-0.1, -0.05) is 0 Å². The highest BCUT2D eigenvalue weighted by Gasteiger charge is 2.56. The molecule has 0 unspecified atom stereocenters. The predicted molar refractivity (Wildman–Crippen MR) is 69.6 cm³/mol. The molecule has 1 saturated heterocycles. The van der Waals surface area contributed by atoms with Gasteiger partial charge in [-0.25, -0.2) is 15.0 Å². The molecule has 20 heavy (non-hydrogen) atoms. The first-order valence-corrected chi connectivity index (χ1v) is 6.28. The Bertz CT molecular complexity index is 655. The van der Waals surface area contributed by atoms with Crippen LogP contribution in [0.4, 0.5) is 10.2 Å². The van der Waals surface area contributed by atoms with Crippen LogP contribution in [0.1, 0.15) is 0 Å². The molecule has 0 aromatic carbocycles. The minimum absolute atomic E-state index is 0.0816. The lowest BCUT2D eigenvalue weighted by atomic mass is 10.2. The van der Waals surface area contributed by atoms with Gasteiger partial charge in [-0.05, 0) is 0 Å². The van der Waals surface area contributed by atoms with E-state index >= 15 is 4.39 Å². The Labute approximate surface area is 117 Å². The molecule has 0 saturated carbocycles. The van der Waals surface area contributed by atoms with Gasteiger partial charge in [0.25, 0.3) is 0 Å². The van der Waals surface area contributed by atoms with Crippen LogP contribution in [0.25, 0.3) is 11.2 Å². The van der Waals surface area contributed by atoms with Crippen molar-refractivity contribution in [2.75, 3.05) is 12.3 Å². The van der Waals surface area contributed by atoms with Crippen LogP contribution >= 0.6 is 12.6 Å². The summed E-state index contributed by atoms with van der Waals surface area (Å²) in [5.41, 5.74) is 5.90. The Balaban J connectivity index is 2.13. The second-order valence-electron chi connectivity index (χ2n) is 4.43. The summed E-state index contributed by atoms with van der Waals surface area (Å²) < 4.78 is 21.0. The molecule has 10 heteroatoms. The van der Waals surface area contributed by atoms with Crippen LogP contribution < -0.4 is 5.73 Å². The third-order valence-electron chi connectivity index (χ3n) is 3.26. The van der Waals surface area contributed by atoms with E-state index in [0.29, 0.717) is 0 Å². The zero-order valence-corrected chi connectivity index (χ0v) is 11.0. The zero-order valence-electron chi connectivity index (χ0n) is 10.1. The summed E-state index contributed by atoms with van der Waals surface area (Å²) in [7, 11) is 0. The number of hydrogen-bond acceptors (Lipinski definition) is 8. The third-order valence-corrected chi connectivity index (χ3v) is 3.87. The molecule has 2 aromatic rings. The Hall–Kier alpha value is -1.49. The molecule has 0 radical (unpaired) electrons. The number of imidazole rings is 1. The summed E-state index contributed by atoms with van der Waals surface area (Å²) in [6.07, 6.45) is -0.284. The molecular formula is C10H12FN5O3S. The molecule has 8 nitrogen and oxygen atoms in total. The maximum absolute atomic E-state index is 15.0. The maximum Gasteiger partial charge on any atom is 0.324 e. The van der Waals surface area contributed by atoms with Gasteiger partial charge < -0.3 is 20.7 Å². The van der Waals surface area contributed by atoms with Gasteiger partial charge in [0.2, 0.25) is 0 Å². The smallest absolute Gasteiger partial charge is 0.324 e. The molecular weight excluding hydrogens is 289 g/mol. The number of nitrogens with zero attached hydrogens (tertiary/aromatic N) is 4. The average Bonchev–Trinajstić information content (AvgIpc) is 2.96. The largest absolute Gasteiger partial charge is 0.394 e. The SMILES string of the molecule is Nc1ncnc2c1ncn2[C@]1(F)O[C@H](CO)[C@@H](S)[C@H]1O. The Morgan fingerprint density at radius 1 is 1.50 bits per heavy atom. The van der Waals surface area contributed by atoms with Crippen molar-refractivity contribution in [3.63, 3.8) is 0 Å². The average molecular weight is 301 g/mol. The number of aliphatic hydroxyl groups excluding tert-OH is 2. The normalized spacial score (nSPS) is 33.9. The first kappa shape index (κ1) is 13.5. The Morgan fingerprint density at radius 2 is 2.25 bits per heavy atom. The first-order valence-electron chi connectivity index (χ1n) is 5.76. The molecule has 0 amide bonds. The molecule has 1 fully saturated rings. The summed E-state index contributed by atoms with van der Waals surface area (Å²) in [4.78, 5) is 11.6. The minimum atomic E-state index is -2.63. The van der Waals surface area contributed by atoms with Crippen LogP contribution in [-0.4, -0.2) is 53.8 Å². The van der Waals surface area contributed by atoms with Crippen molar-refractivity contribution < 1.29 is 19.3 Å². The van der Waals surface area contributed by atoms with Gasteiger partial charge in [0.1, 0.15) is 30.4 Å². The molecule has 1 aliphatic rings. The van der Waals surface area contributed by atoms with Crippen molar-refractivity contribution in [1.82, 2.24) is 19.5 Å². The molecule has 0 bridgehead atoms. The van der Waals surface area contributed by atoms with Crippen molar-refractivity contribution in [3.8, 4) is 0 Å². The van der Waals surface area contributed by atoms with Gasteiger partial charge in [0.15, 0.2) is 11.5 Å². The fourth-order valence-corrected chi connectivity index (χ4v) is 2.53. The molecule has 1 aliphatic heterocycles. The fourth-order valence-electron chi connectivity index (χ4n) is 2.19. The predicted octanol–water partition coefficient (Wildman–Crippen LogP) is -0.961. The standard InChI is InChI=1S/C10H12FN5O3S/c11-10(7(18)6(20)4(1-17)19-10)16-3-15-5-8(12)13-2-14-9(5)16/h2-4,6-7,17-18,20H,1H2,(H2,12,13,14)/t4-,6-,7-,10+/m1/s1. The van der Waals surface area contributed by atoms with E-state index < -0.39 is 30.0 Å². The van der Waals surface area contributed by atoms with Crippen molar-refractivity contribution in [1.29, 1.82) is 0 Å². The van der Waals surface area contributed by atoms with E-state index in [2.05, 4.69) is 27.6 Å². The van der Waals surface area contributed by atoms with Gasteiger partial charge in [-0.3, -0.25) is 4.57 Å². The number of halogens is 1. The van der Waals surface area contributed by atoms with Gasteiger partial charge in [-0.2, -0.15) is 17.0 Å². The molecule has 108 valence electrons.